The first-order valence-electron chi connectivity index (χ1n) is 7.43. The number of primary amides is 1. The van der Waals surface area contributed by atoms with Crippen molar-refractivity contribution in [3.8, 4) is 0 Å². The molecule has 0 aromatic heterocycles. The number of rotatable bonds is 5. The molecule has 3 N–H and O–H groups in total. The Hall–Kier alpha value is -1.55. The molecule has 20 heavy (non-hydrogen) atoms. The van der Waals surface area contributed by atoms with Crippen LogP contribution in [0.3, 0.4) is 0 Å². The maximum Gasteiger partial charge on any atom is 0.222 e. The van der Waals surface area contributed by atoms with Crippen molar-refractivity contribution in [3.05, 3.63) is 29.8 Å². The fourth-order valence-electron chi connectivity index (χ4n) is 2.59. The Bertz CT molecular complexity index is 442. The van der Waals surface area contributed by atoms with Gasteiger partial charge in [-0.15, -0.1) is 0 Å². The summed E-state index contributed by atoms with van der Waals surface area (Å²) >= 11 is 0. The van der Waals surface area contributed by atoms with Crippen molar-refractivity contribution in [2.75, 3.05) is 18.0 Å². The van der Waals surface area contributed by atoms with Gasteiger partial charge in [0.15, 0.2) is 0 Å². The van der Waals surface area contributed by atoms with Crippen LogP contribution in [-0.2, 0) is 11.3 Å². The minimum atomic E-state index is -0.174. The highest BCUT2D eigenvalue weighted by atomic mass is 16.1. The molecule has 1 atom stereocenters. The summed E-state index contributed by atoms with van der Waals surface area (Å²) in [6, 6.07) is 9.08. The molecule has 0 saturated carbocycles. The molecule has 0 spiro atoms. The molecule has 1 aliphatic rings. The Morgan fingerprint density at radius 2 is 2.10 bits per heavy atom. The van der Waals surface area contributed by atoms with Crippen LogP contribution in [0.2, 0.25) is 0 Å². The van der Waals surface area contributed by atoms with Crippen molar-refractivity contribution < 1.29 is 4.79 Å². The molecule has 1 saturated heterocycles. The van der Waals surface area contributed by atoms with Gasteiger partial charge in [0.05, 0.1) is 5.92 Å². The monoisotopic (exact) mass is 275 g/mol. The smallest absolute Gasteiger partial charge is 0.222 e. The van der Waals surface area contributed by atoms with Crippen molar-refractivity contribution in [3.63, 3.8) is 0 Å². The minimum absolute atomic E-state index is 0.00830. The van der Waals surface area contributed by atoms with Gasteiger partial charge in [-0.3, -0.25) is 4.79 Å². The molecule has 0 aliphatic carbocycles. The van der Waals surface area contributed by atoms with E-state index in [1.807, 2.05) is 0 Å². The van der Waals surface area contributed by atoms with Gasteiger partial charge < -0.3 is 16.0 Å². The molecule has 1 amide bonds. The van der Waals surface area contributed by atoms with E-state index >= 15 is 0 Å². The van der Waals surface area contributed by atoms with Gasteiger partial charge in [0.2, 0.25) is 5.91 Å². The average Bonchev–Trinajstić information content (AvgIpc) is 2.46. The van der Waals surface area contributed by atoms with Crippen LogP contribution in [0, 0.1) is 5.92 Å². The van der Waals surface area contributed by atoms with E-state index in [1.165, 1.54) is 11.3 Å². The predicted molar refractivity (Wildman–Crippen MR) is 82.5 cm³/mol. The Kier molecular flexibility index (Phi) is 5.01. The van der Waals surface area contributed by atoms with Crippen LogP contribution < -0.4 is 16.0 Å². The number of benzene rings is 1. The van der Waals surface area contributed by atoms with E-state index in [0.717, 1.165) is 32.5 Å². The Labute approximate surface area is 121 Å². The molecule has 1 heterocycles. The maximum absolute atomic E-state index is 11.3. The summed E-state index contributed by atoms with van der Waals surface area (Å²) in [5, 5.41) is 3.41. The lowest BCUT2D eigenvalue weighted by Crippen LogP contribution is -2.41. The summed E-state index contributed by atoms with van der Waals surface area (Å²) in [6.45, 7) is 6.94. The minimum Gasteiger partial charge on any atom is -0.371 e. The summed E-state index contributed by atoms with van der Waals surface area (Å²) in [6.07, 6.45) is 1.95. The van der Waals surface area contributed by atoms with Crippen LogP contribution in [0.4, 0.5) is 5.69 Å². The van der Waals surface area contributed by atoms with E-state index in [1.54, 1.807) is 0 Å². The van der Waals surface area contributed by atoms with E-state index in [9.17, 15) is 4.79 Å². The zero-order chi connectivity index (χ0) is 14.5. The maximum atomic E-state index is 11.3. The molecule has 2 rings (SSSR count). The summed E-state index contributed by atoms with van der Waals surface area (Å²) in [4.78, 5) is 13.6. The van der Waals surface area contributed by atoms with E-state index in [2.05, 4.69) is 48.3 Å². The predicted octanol–water partition coefficient (Wildman–Crippen LogP) is 1.89. The summed E-state index contributed by atoms with van der Waals surface area (Å²) in [7, 11) is 0. The quantitative estimate of drug-likeness (QED) is 0.862. The van der Waals surface area contributed by atoms with Gasteiger partial charge in [0.25, 0.3) is 0 Å². The van der Waals surface area contributed by atoms with Crippen molar-refractivity contribution in [2.45, 2.75) is 39.3 Å². The molecular weight excluding hydrogens is 250 g/mol. The number of hydrogen-bond acceptors (Lipinski definition) is 3. The number of nitrogens with one attached hydrogen (secondary N) is 1. The van der Waals surface area contributed by atoms with Gasteiger partial charge in [-0.05, 0) is 30.5 Å². The van der Waals surface area contributed by atoms with Crippen LogP contribution >= 0.6 is 0 Å². The fourth-order valence-corrected chi connectivity index (χ4v) is 2.59. The van der Waals surface area contributed by atoms with Crippen molar-refractivity contribution in [1.82, 2.24) is 5.32 Å². The molecule has 1 aliphatic heterocycles. The van der Waals surface area contributed by atoms with E-state index in [0.29, 0.717) is 6.04 Å². The number of nitrogens with zero attached hydrogens (tertiary/aromatic N) is 1. The van der Waals surface area contributed by atoms with Gasteiger partial charge in [-0.25, -0.2) is 0 Å². The standard InChI is InChI=1S/C16H25N3O/c1-12(2)18-10-13-5-7-15(8-6-13)19-9-3-4-14(11-19)16(17)20/h5-8,12,14,18H,3-4,9-11H2,1-2H3,(H2,17,20). The molecule has 4 nitrogen and oxygen atoms in total. The molecule has 1 fully saturated rings. The molecule has 110 valence electrons. The highest BCUT2D eigenvalue weighted by molar-refractivity contribution is 5.77. The van der Waals surface area contributed by atoms with Gasteiger partial charge in [0.1, 0.15) is 0 Å². The summed E-state index contributed by atoms with van der Waals surface area (Å²) in [5.74, 6) is -0.182. The van der Waals surface area contributed by atoms with E-state index in [4.69, 9.17) is 5.73 Å². The lowest BCUT2D eigenvalue weighted by Gasteiger charge is -2.33. The van der Waals surface area contributed by atoms with Crippen LogP contribution in [-0.4, -0.2) is 25.0 Å². The van der Waals surface area contributed by atoms with Gasteiger partial charge in [0, 0.05) is 31.4 Å². The summed E-state index contributed by atoms with van der Waals surface area (Å²) in [5.41, 5.74) is 7.89. The molecule has 1 unspecified atom stereocenters. The second-order valence-electron chi connectivity index (χ2n) is 5.89. The lowest BCUT2D eigenvalue weighted by molar-refractivity contribution is -0.122. The number of nitrogens with two attached hydrogens (primary N) is 1. The van der Waals surface area contributed by atoms with Crippen LogP contribution in [0.1, 0.15) is 32.3 Å². The second-order valence-corrected chi connectivity index (χ2v) is 5.89. The third-order valence-electron chi connectivity index (χ3n) is 3.84. The number of anilines is 1. The highest BCUT2D eigenvalue weighted by Gasteiger charge is 2.23. The van der Waals surface area contributed by atoms with Crippen molar-refractivity contribution in [2.24, 2.45) is 11.7 Å². The molecule has 0 bridgehead atoms. The van der Waals surface area contributed by atoms with Crippen molar-refractivity contribution >= 4 is 11.6 Å². The van der Waals surface area contributed by atoms with E-state index < -0.39 is 0 Å². The third kappa shape index (κ3) is 3.97. The second kappa shape index (κ2) is 6.75. The Morgan fingerprint density at radius 3 is 2.70 bits per heavy atom. The van der Waals surface area contributed by atoms with Gasteiger partial charge >= 0.3 is 0 Å². The number of carbonyl (C=O) groups excluding carboxylic acids is 1. The lowest BCUT2D eigenvalue weighted by atomic mass is 9.97. The van der Waals surface area contributed by atoms with Crippen LogP contribution in [0.15, 0.2) is 24.3 Å². The van der Waals surface area contributed by atoms with Crippen LogP contribution in [0.5, 0.6) is 0 Å². The first-order valence-corrected chi connectivity index (χ1v) is 7.43. The molecular formula is C16H25N3O. The summed E-state index contributed by atoms with van der Waals surface area (Å²) < 4.78 is 0. The normalized spacial score (nSPS) is 19.4. The van der Waals surface area contributed by atoms with Gasteiger partial charge in [-0.2, -0.15) is 0 Å². The Morgan fingerprint density at radius 1 is 1.40 bits per heavy atom. The molecule has 0 radical (unpaired) electrons. The first kappa shape index (κ1) is 14.9. The zero-order valence-electron chi connectivity index (χ0n) is 12.4. The highest BCUT2D eigenvalue weighted by Crippen LogP contribution is 2.23. The molecule has 1 aromatic rings. The number of carbonyl (C=O) groups is 1. The number of piperidine rings is 1. The Balaban J connectivity index is 1.97. The zero-order valence-corrected chi connectivity index (χ0v) is 12.4. The SMILES string of the molecule is CC(C)NCc1ccc(N2CCCC(C(N)=O)C2)cc1. The fraction of sp³-hybridized carbons (Fsp3) is 0.562. The average molecular weight is 275 g/mol. The number of amides is 1. The van der Waals surface area contributed by atoms with Crippen molar-refractivity contribution in [1.29, 1.82) is 0 Å². The molecule has 1 aromatic carbocycles. The van der Waals surface area contributed by atoms with Crippen LogP contribution in [0.25, 0.3) is 0 Å². The third-order valence-corrected chi connectivity index (χ3v) is 3.84. The van der Waals surface area contributed by atoms with E-state index in [-0.39, 0.29) is 11.8 Å². The van der Waals surface area contributed by atoms with Gasteiger partial charge in [-0.1, -0.05) is 26.0 Å². The molecule has 4 heteroatoms. The topological polar surface area (TPSA) is 58.4 Å². The number of hydrogen-bond donors (Lipinski definition) is 2. The first-order chi connectivity index (χ1) is 9.56. The largest absolute Gasteiger partial charge is 0.371 e.